The van der Waals surface area contributed by atoms with Crippen LogP contribution < -0.4 is 0 Å². The van der Waals surface area contributed by atoms with E-state index in [0.29, 0.717) is 0 Å². The predicted octanol–water partition coefficient (Wildman–Crippen LogP) is 6.38. The van der Waals surface area contributed by atoms with Gasteiger partial charge in [0.1, 0.15) is 0 Å². The van der Waals surface area contributed by atoms with Crippen LogP contribution in [-0.4, -0.2) is 5.78 Å². The first-order chi connectivity index (χ1) is 11.8. The first-order valence-electron chi connectivity index (χ1n) is 9.48. The minimum atomic E-state index is 0.166. The van der Waals surface area contributed by atoms with Gasteiger partial charge in [-0.05, 0) is 36.8 Å². The third kappa shape index (κ3) is 5.06. The van der Waals surface area contributed by atoms with Gasteiger partial charge in [0.25, 0.3) is 0 Å². The number of rotatable bonds is 10. The minimum Gasteiger partial charge on any atom is -0.289 e. The third-order valence-electron chi connectivity index (χ3n) is 4.63. The molecular weight excluding hydrogens is 292 g/mol. The lowest BCUT2D eigenvalue weighted by Gasteiger charge is -2.15. The number of hydrogen-bond acceptors (Lipinski definition) is 1. The van der Waals surface area contributed by atoms with E-state index in [-0.39, 0.29) is 5.78 Å². The summed E-state index contributed by atoms with van der Waals surface area (Å²) in [7, 11) is 0. The second kappa shape index (κ2) is 10.1. The normalized spacial score (nSPS) is 10.8. The molecule has 2 rings (SSSR count). The van der Waals surface area contributed by atoms with Crippen LogP contribution in [-0.2, 0) is 12.8 Å². The molecule has 0 aliphatic carbocycles. The molecule has 128 valence electrons. The maximum atomic E-state index is 13.0. The lowest BCUT2D eigenvalue weighted by molar-refractivity contribution is 0.103. The Balaban J connectivity index is 2.30. The Morgan fingerprint density at radius 1 is 0.750 bits per heavy atom. The van der Waals surface area contributed by atoms with E-state index in [9.17, 15) is 4.79 Å². The minimum absolute atomic E-state index is 0.166. The Labute approximate surface area is 147 Å². The van der Waals surface area contributed by atoms with Crippen LogP contribution in [0.1, 0.15) is 79.4 Å². The predicted molar refractivity (Wildman–Crippen MR) is 103 cm³/mol. The number of carbonyl (C=O) groups is 1. The number of unbranched alkanes of at least 4 members (excludes halogenated alkanes) is 4. The molecular formula is C23H30O. The highest BCUT2D eigenvalue weighted by Crippen LogP contribution is 2.23. The zero-order chi connectivity index (χ0) is 17.2. The van der Waals surface area contributed by atoms with Crippen molar-refractivity contribution in [3.05, 3.63) is 70.8 Å². The molecule has 0 heterocycles. The second-order valence-electron chi connectivity index (χ2n) is 6.55. The SMILES string of the molecule is CCCCCc1cccc(C(=O)c2ccccc2)c1CCCCC. The van der Waals surface area contributed by atoms with Crippen molar-refractivity contribution < 1.29 is 4.79 Å². The molecule has 0 radical (unpaired) electrons. The molecule has 0 N–H and O–H groups in total. The van der Waals surface area contributed by atoms with Gasteiger partial charge in [-0.1, -0.05) is 88.1 Å². The lowest BCUT2D eigenvalue weighted by Crippen LogP contribution is -2.08. The van der Waals surface area contributed by atoms with E-state index in [1.54, 1.807) is 0 Å². The summed E-state index contributed by atoms with van der Waals surface area (Å²) in [6, 6.07) is 16.0. The number of carbonyl (C=O) groups excluding carboxylic acids is 1. The molecule has 1 nitrogen and oxygen atoms in total. The van der Waals surface area contributed by atoms with Crippen LogP contribution in [0.25, 0.3) is 0 Å². The summed E-state index contributed by atoms with van der Waals surface area (Å²) < 4.78 is 0. The summed E-state index contributed by atoms with van der Waals surface area (Å²) in [6.45, 7) is 4.46. The highest BCUT2D eigenvalue weighted by molar-refractivity contribution is 6.10. The van der Waals surface area contributed by atoms with E-state index in [0.717, 1.165) is 30.4 Å². The molecule has 0 amide bonds. The zero-order valence-electron chi connectivity index (χ0n) is 15.2. The van der Waals surface area contributed by atoms with Crippen molar-refractivity contribution in [1.82, 2.24) is 0 Å². The van der Waals surface area contributed by atoms with Crippen molar-refractivity contribution >= 4 is 5.78 Å². The smallest absolute Gasteiger partial charge is 0.193 e. The molecule has 0 saturated heterocycles. The van der Waals surface area contributed by atoms with Crippen LogP contribution in [0.15, 0.2) is 48.5 Å². The Hall–Kier alpha value is -1.89. The summed E-state index contributed by atoms with van der Waals surface area (Å²) in [6.07, 6.45) is 9.40. The highest BCUT2D eigenvalue weighted by atomic mass is 16.1. The van der Waals surface area contributed by atoms with Gasteiger partial charge in [-0.3, -0.25) is 4.79 Å². The summed E-state index contributed by atoms with van der Waals surface area (Å²) in [4.78, 5) is 13.0. The van der Waals surface area contributed by atoms with Crippen LogP contribution in [0, 0.1) is 0 Å². The van der Waals surface area contributed by atoms with E-state index >= 15 is 0 Å². The van der Waals surface area contributed by atoms with Crippen LogP contribution in [0.2, 0.25) is 0 Å². The van der Waals surface area contributed by atoms with Crippen LogP contribution in [0.4, 0.5) is 0 Å². The van der Waals surface area contributed by atoms with Crippen molar-refractivity contribution in [2.75, 3.05) is 0 Å². The molecule has 0 aromatic heterocycles. The maximum Gasteiger partial charge on any atom is 0.193 e. The van der Waals surface area contributed by atoms with Gasteiger partial charge < -0.3 is 0 Å². The highest BCUT2D eigenvalue weighted by Gasteiger charge is 2.16. The van der Waals surface area contributed by atoms with Crippen molar-refractivity contribution in [1.29, 1.82) is 0 Å². The van der Waals surface area contributed by atoms with Crippen LogP contribution >= 0.6 is 0 Å². The molecule has 0 aliphatic rings. The molecule has 0 aliphatic heterocycles. The number of hydrogen-bond donors (Lipinski definition) is 0. The van der Waals surface area contributed by atoms with Gasteiger partial charge in [-0.25, -0.2) is 0 Å². The summed E-state index contributed by atoms with van der Waals surface area (Å²) >= 11 is 0. The summed E-state index contributed by atoms with van der Waals surface area (Å²) in [5.74, 6) is 0.166. The first-order valence-corrected chi connectivity index (χ1v) is 9.48. The van der Waals surface area contributed by atoms with Gasteiger partial charge in [-0.15, -0.1) is 0 Å². The average Bonchev–Trinajstić information content (AvgIpc) is 2.63. The fourth-order valence-corrected chi connectivity index (χ4v) is 3.24. The molecule has 0 atom stereocenters. The van der Waals surface area contributed by atoms with Crippen molar-refractivity contribution in [3.8, 4) is 0 Å². The molecule has 0 spiro atoms. The molecule has 0 unspecified atom stereocenters. The van der Waals surface area contributed by atoms with Crippen LogP contribution in [0.5, 0.6) is 0 Å². The average molecular weight is 322 g/mol. The van der Waals surface area contributed by atoms with E-state index in [1.165, 1.54) is 43.2 Å². The van der Waals surface area contributed by atoms with E-state index in [2.05, 4.69) is 26.0 Å². The fraction of sp³-hybridized carbons (Fsp3) is 0.435. The monoisotopic (exact) mass is 322 g/mol. The second-order valence-corrected chi connectivity index (χ2v) is 6.55. The van der Waals surface area contributed by atoms with Gasteiger partial charge >= 0.3 is 0 Å². The Morgan fingerprint density at radius 3 is 2.08 bits per heavy atom. The molecule has 0 fully saturated rings. The summed E-state index contributed by atoms with van der Waals surface area (Å²) in [5.41, 5.74) is 4.36. The van der Waals surface area contributed by atoms with Gasteiger partial charge in [-0.2, -0.15) is 0 Å². The quantitative estimate of drug-likeness (QED) is 0.366. The Bertz CT molecular complexity index is 628. The van der Waals surface area contributed by atoms with E-state index < -0.39 is 0 Å². The maximum absolute atomic E-state index is 13.0. The van der Waals surface area contributed by atoms with Gasteiger partial charge in [0.05, 0.1) is 0 Å². The Kier molecular flexibility index (Phi) is 7.74. The first kappa shape index (κ1) is 18.4. The van der Waals surface area contributed by atoms with Gasteiger partial charge in [0, 0.05) is 11.1 Å². The van der Waals surface area contributed by atoms with Crippen molar-refractivity contribution in [2.24, 2.45) is 0 Å². The standard InChI is InChI=1S/C23H30O/c1-3-5-8-13-19-16-12-18-22(21(19)17-9-6-4-2)23(24)20-14-10-7-11-15-20/h7,10-12,14-16,18H,3-6,8-9,13,17H2,1-2H3. The van der Waals surface area contributed by atoms with E-state index in [4.69, 9.17) is 0 Å². The lowest BCUT2D eigenvalue weighted by atomic mass is 9.89. The molecule has 1 heteroatoms. The van der Waals surface area contributed by atoms with Gasteiger partial charge in [0.15, 0.2) is 5.78 Å². The van der Waals surface area contributed by atoms with Crippen LogP contribution in [0.3, 0.4) is 0 Å². The summed E-state index contributed by atoms with van der Waals surface area (Å²) in [5, 5.41) is 0. The fourth-order valence-electron chi connectivity index (χ4n) is 3.24. The molecule has 2 aromatic carbocycles. The zero-order valence-corrected chi connectivity index (χ0v) is 15.2. The molecule has 24 heavy (non-hydrogen) atoms. The molecule has 0 saturated carbocycles. The van der Waals surface area contributed by atoms with E-state index in [1.807, 2.05) is 36.4 Å². The van der Waals surface area contributed by atoms with Crippen molar-refractivity contribution in [3.63, 3.8) is 0 Å². The van der Waals surface area contributed by atoms with Crippen molar-refractivity contribution in [2.45, 2.75) is 65.2 Å². The topological polar surface area (TPSA) is 17.1 Å². The number of ketones is 1. The number of aryl methyl sites for hydroxylation is 1. The Morgan fingerprint density at radius 2 is 1.42 bits per heavy atom. The molecule has 0 bridgehead atoms. The number of benzene rings is 2. The third-order valence-corrected chi connectivity index (χ3v) is 4.63. The molecule has 2 aromatic rings. The van der Waals surface area contributed by atoms with Gasteiger partial charge in [0.2, 0.25) is 0 Å². The largest absolute Gasteiger partial charge is 0.289 e.